The van der Waals surface area contributed by atoms with Crippen LogP contribution in [0.5, 0.6) is 0 Å². The number of hydrogen-bond acceptors (Lipinski definition) is 2. The van der Waals surface area contributed by atoms with E-state index in [1.54, 1.807) is 30.3 Å². The van der Waals surface area contributed by atoms with Gasteiger partial charge in [0.2, 0.25) is 0 Å². The van der Waals surface area contributed by atoms with Gasteiger partial charge in [0, 0.05) is 16.2 Å². The average molecular weight is 266 g/mol. The molecule has 0 aromatic heterocycles. The lowest BCUT2D eigenvalue weighted by Gasteiger charge is -2.11. The Morgan fingerprint density at radius 2 is 1.56 bits per heavy atom. The summed E-state index contributed by atoms with van der Waals surface area (Å²) in [5, 5.41) is 9.87. The number of thioether (sulfide) groups is 1. The zero-order valence-electron chi connectivity index (χ0n) is 9.51. The van der Waals surface area contributed by atoms with Crippen LogP contribution < -0.4 is 0 Å². The molecule has 2 rings (SSSR count). The molecule has 0 fully saturated rings. The van der Waals surface area contributed by atoms with E-state index in [-0.39, 0.29) is 17.1 Å². The van der Waals surface area contributed by atoms with Crippen LogP contribution in [0.1, 0.15) is 11.7 Å². The number of hydrogen-bond donors (Lipinski definition) is 1. The summed E-state index contributed by atoms with van der Waals surface area (Å²) in [7, 11) is 0. The Hall–Kier alpha value is -1.39. The fourth-order valence-electron chi connectivity index (χ4n) is 1.57. The van der Waals surface area contributed by atoms with Gasteiger partial charge in [-0.25, -0.2) is 8.78 Å². The lowest BCUT2D eigenvalue weighted by Crippen LogP contribution is -2.03. The molecule has 0 heterocycles. The van der Waals surface area contributed by atoms with Crippen molar-refractivity contribution in [2.45, 2.75) is 11.0 Å². The van der Waals surface area contributed by atoms with Gasteiger partial charge in [-0.3, -0.25) is 0 Å². The Bertz CT molecular complexity index is 531. The van der Waals surface area contributed by atoms with Gasteiger partial charge in [0.05, 0.1) is 6.10 Å². The van der Waals surface area contributed by atoms with Gasteiger partial charge < -0.3 is 5.11 Å². The number of rotatable bonds is 4. The van der Waals surface area contributed by atoms with Gasteiger partial charge in [-0.05, 0) is 18.2 Å². The first-order valence-corrected chi connectivity index (χ1v) is 6.47. The zero-order chi connectivity index (χ0) is 13.0. The summed E-state index contributed by atoms with van der Waals surface area (Å²) in [6, 6.07) is 12.4. The van der Waals surface area contributed by atoms with Crippen LogP contribution in [-0.4, -0.2) is 10.9 Å². The minimum atomic E-state index is -0.948. The molecule has 0 bridgehead atoms. The molecule has 18 heavy (non-hydrogen) atoms. The third kappa shape index (κ3) is 3.09. The predicted octanol–water partition coefficient (Wildman–Crippen LogP) is 3.79. The first-order chi connectivity index (χ1) is 8.68. The highest BCUT2D eigenvalue weighted by Crippen LogP contribution is 2.27. The van der Waals surface area contributed by atoms with E-state index >= 15 is 0 Å². The average Bonchev–Trinajstić information content (AvgIpc) is 2.38. The van der Waals surface area contributed by atoms with Gasteiger partial charge in [0.1, 0.15) is 11.6 Å². The van der Waals surface area contributed by atoms with Crippen molar-refractivity contribution in [2.24, 2.45) is 0 Å². The maximum Gasteiger partial charge on any atom is 0.136 e. The van der Waals surface area contributed by atoms with Gasteiger partial charge in [-0.1, -0.05) is 30.3 Å². The Morgan fingerprint density at radius 3 is 2.22 bits per heavy atom. The molecule has 4 heteroatoms. The number of aliphatic hydroxyl groups is 1. The van der Waals surface area contributed by atoms with Crippen LogP contribution >= 0.6 is 11.8 Å². The van der Waals surface area contributed by atoms with E-state index in [2.05, 4.69) is 0 Å². The Morgan fingerprint density at radius 1 is 0.944 bits per heavy atom. The van der Waals surface area contributed by atoms with Crippen molar-refractivity contribution in [2.75, 3.05) is 5.75 Å². The van der Waals surface area contributed by atoms with E-state index in [0.29, 0.717) is 4.90 Å². The molecular weight excluding hydrogens is 254 g/mol. The SMILES string of the molecule is OC(CSc1ccccc1F)c1ccccc1F. The quantitative estimate of drug-likeness (QED) is 0.850. The standard InChI is InChI=1S/C14H12F2OS/c15-11-6-2-1-5-10(11)13(17)9-18-14-8-4-3-7-12(14)16/h1-8,13,17H,9H2. The molecular formula is C14H12F2OS. The van der Waals surface area contributed by atoms with E-state index in [1.807, 2.05) is 0 Å². The van der Waals surface area contributed by atoms with Crippen LogP contribution in [0.25, 0.3) is 0 Å². The van der Waals surface area contributed by atoms with Crippen LogP contribution in [0.2, 0.25) is 0 Å². The predicted molar refractivity (Wildman–Crippen MR) is 68.5 cm³/mol. The van der Waals surface area contributed by atoms with Gasteiger partial charge in [0.15, 0.2) is 0 Å². The second-order valence-electron chi connectivity index (χ2n) is 3.78. The normalized spacial score (nSPS) is 12.4. The maximum absolute atomic E-state index is 13.4. The molecule has 0 saturated heterocycles. The van der Waals surface area contributed by atoms with E-state index in [4.69, 9.17) is 0 Å². The lowest BCUT2D eigenvalue weighted by atomic mass is 10.1. The lowest BCUT2D eigenvalue weighted by molar-refractivity contribution is 0.199. The highest BCUT2D eigenvalue weighted by molar-refractivity contribution is 7.99. The van der Waals surface area contributed by atoms with Crippen molar-refractivity contribution in [1.29, 1.82) is 0 Å². The molecule has 1 unspecified atom stereocenters. The summed E-state index contributed by atoms with van der Waals surface area (Å²) in [6.45, 7) is 0. The number of halogens is 2. The molecule has 0 amide bonds. The minimum Gasteiger partial charge on any atom is -0.387 e. The largest absolute Gasteiger partial charge is 0.387 e. The molecule has 2 aromatic carbocycles. The van der Waals surface area contributed by atoms with Crippen molar-refractivity contribution in [1.82, 2.24) is 0 Å². The van der Waals surface area contributed by atoms with Crippen molar-refractivity contribution >= 4 is 11.8 Å². The smallest absolute Gasteiger partial charge is 0.136 e. The molecule has 2 aromatic rings. The second-order valence-corrected chi connectivity index (χ2v) is 4.84. The van der Waals surface area contributed by atoms with Crippen LogP contribution in [0.4, 0.5) is 8.78 Å². The van der Waals surface area contributed by atoms with E-state index in [1.165, 1.54) is 30.0 Å². The van der Waals surface area contributed by atoms with E-state index in [0.717, 1.165) is 0 Å². The van der Waals surface area contributed by atoms with Crippen molar-refractivity contribution in [3.63, 3.8) is 0 Å². The van der Waals surface area contributed by atoms with Gasteiger partial charge in [-0.2, -0.15) is 0 Å². The van der Waals surface area contributed by atoms with Gasteiger partial charge in [-0.15, -0.1) is 11.8 Å². The monoisotopic (exact) mass is 266 g/mol. The minimum absolute atomic E-state index is 0.210. The van der Waals surface area contributed by atoms with Crippen molar-refractivity contribution in [3.05, 3.63) is 65.7 Å². The highest BCUT2D eigenvalue weighted by atomic mass is 32.2. The molecule has 0 spiro atoms. The summed E-state index contributed by atoms with van der Waals surface area (Å²) < 4.78 is 26.7. The summed E-state index contributed by atoms with van der Waals surface area (Å²) in [5.74, 6) is -0.565. The first-order valence-electron chi connectivity index (χ1n) is 5.48. The Kier molecular flexibility index (Phi) is 4.33. The van der Waals surface area contributed by atoms with Crippen LogP contribution in [0.15, 0.2) is 53.4 Å². The number of benzene rings is 2. The zero-order valence-corrected chi connectivity index (χ0v) is 10.3. The molecule has 0 aliphatic rings. The summed E-state index contributed by atoms with van der Waals surface area (Å²) in [6.07, 6.45) is -0.948. The molecule has 0 radical (unpaired) electrons. The molecule has 1 N–H and O–H groups in total. The molecule has 0 aliphatic carbocycles. The fourth-order valence-corrected chi connectivity index (χ4v) is 2.46. The van der Waals surface area contributed by atoms with Crippen molar-refractivity contribution in [3.8, 4) is 0 Å². The third-order valence-electron chi connectivity index (χ3n) is 2.50. The van der Waals surface area contributed by atoms with E-state index in [9.17, 15) is 13.9 Å². The molecule has 94 valence electrons. The second kappa shape index (κ2) is 5.98. The molecule has 1 atom stereocenters. The summed E-state index contributed by atoms with van der Waals surface area (Å²) >= 11 is 1.17. The van der Waals surface area contributed by atoms with E-state index < -0.39 is 11.9 Å². The number of aliphatic hydroxyl groups excluding tert-OH is 1. The maximum atomic E-state index is 13.4. The fraction of sp³-hybridized carbons (Fsp3) is 0.143. The summed E-state index contributed by atoms with van der Waals surface area (Å²) in [4.78, 5) is 0.452. The highest BCUT2D eigenvalue weighted by Gasteiger charge is 2.13. The Balaban J connectivity index is 2.03. The van der Waals surface area contributed by atoms with Crippen LogP contribution in [0, 0.1) is 11.6 Å². The molecule has 0 aliphatic heterocycles. The van der Waals surface area contributed by atoms with Crippen LogP contribution in [0.3, 0.4) is 0 Å². The van der Waals surface area contributed by atoms with Gasteiger partial charge >= 0.3 is 0 Å². The molecule has 0 saturated carbocycles. The molecule has 1 nitrogen and oxygen atoms in total. The Labute approximate surface area is 108 Å². The van der Waals surface area contributed by atoms with Gasteiger partial charge in [0.25, 0.3) is 0 Å². The first kappa shape index (κ1) is 13.1. The summed E-state index contributed by atoms with van der Waals surface area (Å²) in [5.41, 5.74) is 0.237. The third-order valence-corrected chi connectivity index (χ3v) is 3.62. The van der Waals surface area contributed by atoms with Crippen LogP contribution in [-0.2, 0) is 0 Å². The topological polar surface area (TPSA) is 20.2 Å². The van der Waals surface area contributed by atoms with Crippen molar-refractivity contribution < 1.29 is 13.9 Å².